The van der Waals surface area contributed by atoms with E-state index in [2.05, 4.69) is 9.89 Å². The average Bonchev–Trinajstić information content (AvgIpc) is 3.03. The number of rotatable bonds is 4. The first-order valence-electron chi connectivity index (χ1n) is 8.47. The Labute approximate surface area is 160 Å². The molecule has 0 atom stereocenters. The number of methoxy groups -OCH3 is 2. The highest BCUT2D eigenvalue weighted by molar-refractivity contribution is 7.07. The van der Waals surface area contributed by atoms with E-state index in [0.29, 0.717) is 29.4 Å². The summed E-state index contributed by atoms with van der Waals surface area (Å²) in [7, 11) is 3.19. The first-order chi connectivity index (χ1) is 13.2. The second kappa shape index (κ2) is 7.28. The molecule has 2 aromatic carbocycles. The summed E-state index contributed by atoms with van der Waals surface area (Å²) in [5.41, 5.74) is 1.90. The fraction of sp³-hybridized carbons (Fsp3) is 0.200. The molecule has 3 aromatic rings. The van der Waals surface area contributed by atoms with E-state index in [1.54, 1.807) is 18.8 Å². The summed E-state index contributed by atoms with van der Waals surface area (Å²) in [6.45, 7) is 1.04. The van der Waals surface area contributed by atoms with Crippen LogP contribution < -0.4 is 29.3 Å². The zero-order chi connectivity index (χ0) is 18.8. The van der Waals surface area contributed by atoms with Crippen LogP contribution in [0.15, 0.2) is 58.3 Å². The van der Waals surface area contributed by atoms with Crippen LogP contribution in [0, 0.1) is 0 Å². The van der Waals surface area contributed by atoms with Crippen molar-refractivity contribution < 1.29 is 9.47 Å². The van der Waals surface area contributed by atoms with Crippen LogP contribution >= 0.6 is 11.3 Å². The van der Waals surface area contributed by atoms with Crippen LogP contribution in [0.25, 0.3) is 6.08 Å². The summed E-state index contributed by atoms with van der Waals surface area (Å²) in [5.74, 6) is 1.29. The van der Waals surface area contributed by atoms with Crippen molar-refractivity contribution in [3.8, 4) is 11.5 Å². The van der Waals surface area contributed by atoms with E-state index in [1.165, 1.54) is 11.3 Å². The molecule has 6 nitrogen and oxygen atoms in total. The molecule has 27 heavy (non-hydrogen) atoms. The van der Waals surface area contributed by atoms with Gasteiger partial charge in [-0.1, -0.05) is 35.6 Å². The lowest BCUT2D eigenvalue weighted by atomic mass is 10.2. The topological polar surface area (TPSA) is 56.1 Å². The maximum Gasteiger partial charge on any atom is 0.271 e. The normalized spacial score (nSPS) is 13.9. The van der Waals surface area contributed by atoms with E-state index < -0.39 is 0 Å². The van der Waals surface area contributed by atoms with Crippen LogP contribution in [0.4, 0.5) is 5.69 Å². The van der Waals surface area contributed by atoms with Crippen molar-refractivity contribution in [3.05, 3.63) is 73.8 Å². The largest absolute Gasteiger partial charge is 0.493 e. The smallest absolute Gasteiger partial charge is 0.271 e. The minimum atomic E-state index is -0.0332. The van der Waals surface area contributed by atoms with Gasteiger partial charge >= 0.3 is 0 Å². The summed E-state index contributed by atoms with van der Waals surface area (Å²) in [5, 5.41) is 0. The molecule has 0 aliphatic carbocycles. The summed E-state index contributed by atoms with van der Waals surface area (Å²) >= 11 is 1.41. The van der Waals surface area contributed by atoms with Crippen LogP contribution in [0.5, 0.6) is 11.5 Å². The summed E-state index contributed by atoms with van der Waals surface area (Å²) in [4.78, 5) is 20.3. The number of ether oxygens (including phenoxy) is 2. The number of hydrogen-bond acceptors (Lipinski definition) is 6. The number of nitrogens with zero attached hydrogens (tertiary/aromatic N) is 3. The number of hydrogen-bond donors (Lipinski definition) is 0. The fourth-order valence-corrected chi connectivity index (χ4v) is 3.97. The monoisotopic (exact) mass is 381 g/mol. The van der Waals surface area contributed by atoms with Crippen molar-refractivity contribution in [2.24, 2.45) is 4.99 Å². The van der Waals surface area contributed by atoms with Gasteiger partial charge in [0.05, 0.1) is 18.8 Å². The minimum Gasteiger partial charge on any atom is -0.493 e. The Balaban J connectivity index is 1.71. The molecule has 0 unspecified atom stereocenters. The predicted octanol–water partition coefficient (Wildman–Crippen LogP) is 1.81. The van der Waals surface area contributed by atoms with Crippen molar-refractivity contribution in [1.82, 2.24) is 4.57 Å². The summed E-state index contributed by atoms with van der Waals surface area (Å²) in [6.07, 6.45) is 1.86. The zero-order valence-corrected chi connectivity index (χ0v) is 15.9. The van der Waals surface area contributed by atoms with Gasteiger partial charge in [-0.2, -0.15) is 0 Å². The van der Waals surface area contributed by atoms with E-state index in [1.807, 2.05) is 54.6 Å². The lowest BCUT2D eigenvalue weighted by Crippen LogP contribution is -2.42. The molecule has 0 amide bonds. The van der Waals surface area contributed by atoms with Gasteiger partial charge in [0.1, 0.15) is 13.3 Å². The maximum absolute atomic E-state index is 12.9. The first kappa shape index (κ1) is 17.4. The van der Waals surface area contributed by atoms with Crippen LogP contribution in [0.3, 0.4) is 0 Å². The van der Waals surface area contributed by atoms with Crippen molar-refractivity contribution in [1.29, 1.82) is 0 Å². The lowest BCUT2D eigenvalue weighted by molar-refractivity contribution is 0.355. The molecule has 0 N–H and O–H groups in total. The van der Waals surface area contributed by atoms with E-state index in [4.69, 9.17) is 9.47 Å². The van der Waals surface area contributed by atoms with Crippen LogP contribution in [0.2, 0.25) is 0 Å². The highest BCUT2D eigenvalue weighted by Gasteiger charge is 2.15. The average molecular weight is 381 g/mol. The van der Waals surface area contributed by atoms with Crippen LogP contribution in [-0.4, -0.2) is 25.5 Å². The molecule has 0 radical (unpaired) electrons. The lowest BCUT2D eigenvalue weighted by Gasteiger charge is -2.25. The SMILES string of the molecule is COc1ccc(/C=c2/sc3n(c2=O)CN(c2ccccc2)CN=3)cc1OC. The number of thiazole rings is 1. The number of anilines is 1. The zero-order valence-electron chi connectivity index (χ0n) is 15.1. The first-order valence-corrected chi connectivity index (χ1v) is 9.29. The van der Waals surface area contributed by atoms with Crippen molar-refractivity contribution in [2.75, 3.05) is 25.8 Å². The predicted molar refractivity (Wildman–Crippen MR) is 106 cm³/mol. The third kappa shape index (κ3) is 3.33. The molecule has 0 saturated heterocycles. The summed E-state index contributed by atoms with van der Waals surface area (Å²) in [6, 6.07) is 15.6. The third-order valence-corrected chi connectivity index (χ3v) is 5.45. The van der Waals surface area contributed by atoms with Crippen molar-refractivity contribution >= 4 is 23.1 Å². The Bertz CT molecular complexity index is 1140. The molecule has 7 heteroatoms. The number of para-hydroxylation sites is 1. The molecule has 0 fully saturated rings. The second-order valence-electron chi connectivity index (χ2n) is 6.06. The van der Waals surface area contributed by atoms with Gasteiger partial charge in [-0.15, -0.1) is 0 Å². The number of benzene rings is 2. The molecule has 1 aliphatic rings. The van der Waals surface area contributed by atoms with Crippen LogP contribution in [0.1, 0.15) is 5.56 Å². The van der Waals surface area contributed by atoms with Gasteiger partial charge in [-0.25, -0.2) is 4.99 Å². The van der Waals surface area contributed by atoms with Gasteiger partial charge in [0.2, 0.25) is 0 Å². The van der Waals surface area contributed by atoms with Gasteiger partial charge in [-0.3, -0.25) is 9.36 Å². The molecule has 1 aliphatic heterocycles. The van der Waals surface area contributed by atoms with Crippen molar-refractivity contribution in [3.63, 3.8) is 0 Å². The third-order valence-electron chi connectivity index (χ3n) is 4.40. The van der Waals surface area contributed by atoms with E-state index in [0.717, 1.165) is 16.1 Å². The number of aromatic nitrogens is 1. The molecule has 1 aromatic heterocycles. The minimum absolute atomic E-state index is 0.0332. The Kier molecular flexibility index (Phi) is 4.68. The summed E-state index contributed by atoms with van der Waals surface area (Å²) < 4.78 is 13.0. The molecule has 138 valence electrons. The highest BCUT2D eigenvalue weighted by atomic mass is 32.1. The Morgan fingerprint density at radius 1 is 1.07 bits per heavy atom. The van der Waals surface area contributed by atoms with Gasteiger partial charge < -0.3 is 14.4 Å². The quantitative estimate of drug-likeness (QED) is 0.692. The molecular formula is C20H19N3O3S. The standard InChI is InChI=1S/C20H19N3O3S/c1-25-16-9-8-14(10-17(16)26-2)11-18-19(24)23-13-22(12-21-20(23)27-18)15-6-4-3-5-7-15/h3-11H,12-13H2,1-2H3/b18-11+. The molecule has 0 bridgehead atoms. The maximum atomic E-state index is 12.9. The Hall–Kier alpha value is -3.06. The molecule has 4 rings (SSSR count). The molecule has 0 spiro atoms. The molecular weight excluding hydrogens is 362 g/mol. The number of fused-ring (bicyclic) bond motifs is 1. The van der Waals surface area contributed by atoms with Gasteiger partial charge in [0.25, 0.3) is 5.56 Å². The second-order valence-corrected chi connectivity index (χ2v) is 7.07. The van der Waals surface area contributed by atoms with Crippen LogP contribution in [-0.2, 0) is 6.67 Å². The van der Waals surface area contributed by atoms with Crippen molar-refractivity contribution in [2.45, 2.75) is 6.67 Å². The fourth-order valence-electron chi connectivity index (χ4n) is 3.01. The van der Waals surface area contributed by atoms with Gasteiger partial charge in [-0.05, 0) is 35.9 Å². The van der Waals surface area contributed by atoms with E-state index >= 15 is 0 Å². The molecule has 0 saturated carbocycles. The Morgan fingerprint density at radius 3 is 2.59 bits per heavy atom. The van der Waals surface area contributed by atoms with Gasteiger partial charge in [0.15, 0.2) is 16.3 Å². The van der Waals surface area contributed by atoms with E-state index in [-0.39, 0.29) is 5.56 Å². The van der Waals surface area contributed by atoms with E-state index in [9.17, 15) is 4.79 Å². The molecule has 2 heterocycles. The van der Waals surface area contributed by atoms with Gasteiger partial charge in [0, 0.05) is 5.69 Å². The highest BCUT2D eigenvalue weighted by Crippen LogP contribution is 2.27. The Morgan fingerprint density at radius 2 is 1.85 bits per heavy atom.